The molecule has 1 aliphatic rings. The number of hydrogen-bond acceptors (Lipinski definition) is 5. The zero-order valence-corrected chi connectivity index (χ0v) is 16.2. The van der Waals surface area contributed by atoms with E-state index < -0.39 is 41.6 Å². The second kappa shape index (κ2) is 8.67. The van der Waals surface area contributed by atoms with Gasteiger partial charge in [-0.15, -0.1) is 0 Å². The van der Waals surface area contributed by atoms with Crippen molar-refractivity contribution < 1.29 is 32.2 Å². The second-order valence-electron chi connectivity index (χ2n) is 6.53. The average molecular weight is 399 g/mol. The van der Waals surface area contributed by atoms with Crippen molar-refractivity contribution in [2.45, 2.75) is 45.8 Å². The van der Waals surface area contributed by atoms with Crippen molar-refractivity contribution in [1.29, 1.82) is 0 Å². The van der Waals surface area contributed by atoms with Crippen LogP contribution in [0.5, 0.6) is 0 Å². The van der Waals surface area contributed by atoms with Crippen LogP contribution < -0.4 is 5.32 Å². The van der Waals surface area contributed by atoms with Crippen LogP contribution in [0.3, 0.4) is 0 Å². The lowest BCUT2D eigenvalue weighted by atomic mass is 9.72. The first-order valence-electron chi connectivity index (χ1n) is 9.10. The lowest BCUT2D eigenvalue weighted by Crippen LogP contribution is -2.48. The number of carbonyl (C=O) groups excluding carboxylic acids is 2. The Kier molecular flexibility index (Phi) is 6.74. The molecule has 0 radical (unpaired) electrons. The predicted octanol–water partition coefficient (Wildman–Crippen LogP) is 3.80. The molecule has 0 saturated heterocycles. The van der Waals surface area contributed by atoms with Gasteiger partial charge in [-0.25, -0.2) is 4.79 Å². The van der Waals surface area contributed by atoms with Crippen molar-refractivity contribution in [1.82, 2.24) is 5.32 Å². The van der Waals surface area contributed by atoms with E-state index in [2.05, 4.69) is 5.32 Å². The van der Waals surface area contributed by atoms with Gasteiger partial charge in [-0.3, -0.25) is 4.79 Å². The number of alkyl halides is 3. The first kappa shape index (κ1) is 21.8. The molecule has 0 aromatic heterocycles. The van der Waals surface area contributed by atoms with E-state index in [1.807, 2.05) is 0 Å². The van der Waals surface area contributed by atoms with E-state index in [9.17, 15) is 22.8 Å². The van der Waals surface area contributed by atoms with Gasteiger partial charge in [-0.05, 0) is 39.3 Å². The standard InChI is InChI=1S/C20H24F3NO4/c1-5-27-18(25)15-11(3)24-12(4)16(19(26)28-6-2)17(15)13-9-7-8-10-14(13)20(21,22)23/h7-11,15,17,24H,5-6H2,1-4H3. The highest BCUT2D eigenvalue weighted by atomic mass is 19.4. The number of allylic oxidation sites excluding steroid dienone is 1. The fourth-order valence-corrected chi connectivity index (χ4v) is 3.65. The van der Waals surface area contributed by atoms with E-state index in [-0.39, 0.29) is 24.4 Å². The van der Waals surface area contributed by atoms with Crippen molar-refractivity contribution in [2.75, 3.05) is 13.2 Å². The van der Waals surface area contributed by atoms with Gasteiger partial charge < -0.3 is 14.8 Å². The van der Waals surface area contributed by atoms with E-state index in [0.717, 1.165) is 6.07 Å². The summed E-state index contributed by atoms with van der Waals surface area (Å²) in [5, 5.41) is 3.01. The summed E-state index contributed by atoms with van der Waals surface area (Å²) in [6.07, 6.45) is -4.64. The van der Waals surface area contributed by atoms with Crippen LogP contribution in [0.25, 0.3) is 0 Å². The number of ether oxygens (including phenoxy) is 2. The Morgan fingerprint density at radius 1 is 1.11 bits per heavy atom. The van der Waals surface area contributed by atoms with Crippen molar-refractivity contribution in [3.05, 3.63) is 46.7 Å². The maximum Gasteiger partial charge on any atom is 0.416 e. The average Bonchev–Trinajstić information content (AvgIpc) is 2.60. The van der Waals surface area contributed by atoms with Crippen LogP contribution in [0.15, 0.2) is 35.5 Å². The van der Waals surface area contributed by atoms with Crippen molar-refractivity contribution in [3.8, 4) is 0 Å². The van der Waals surface area contributed by atoms with Gasteiger partial charge in [0, 0.05) is 17.7 Å². The first-order chi connectivity index (χ1) is 13.1. The van der Waals surface area contributed by atoms with Crippen LogP contribution in [0.4, 0.5) is 13.2 Å². The van der Waals surface area contributed by atoms with Gasteiger partial charge >= 0.3 is 18.1 Å². The zero-order valence-electron chi connectivity index (χ0n) is 16.2. The molecule has 3 atom stereocenters. The molecule has 1 heterocycles. The minimum absolute atomic E-state index is 0.00898. The minimum Gasteiger partial charge on any atom is -0.466 e. The monoisotopic (exact) mass is 399 g/mol. The summed E-state index contributed by atoms with van der Waals surface area (Å²) in [6, 6.07) is 4.43. The maximum atomic E-state index is 13.7. The molecule has 1 aromatic rings. The van der Waals surface area contributed by atoms with E-state index in [4.69, 9.17) is 9.47 Å². The zero-order chi connectivity index (χ0) is 21.1. The molecule has 0 aliphatic carbocycles. The van der Waals surface area contributed by atoms with Gasteiger partial charge in [0.05, 0.1) is 30.3 Å². The lowest BCUT2D eigenvalue weighted by Gasteiger charge is -2.38. The van der Waals surface area contributed by atoms with Gasteiger partial charge in [0.15, 0.2) is 0 Å². The van der Waals surface area contributed by atoms with Gasteiger partial charge in [0.1, 0.15) is 0 Å². The Morgan fingerprint density at radius 2 is 1.71 bits per heavy atom. The third-order valence-corrected chi connectivity index (χ3v) is 4.71. The number of carbonyl (C=O) groups is 2. The summed E-state index contributed by atoms with van der Waals surface area (Å²) >= 11 is 0. The highest BCUT2D eigenvalue weighted by Crippen LogP contribution is 2.45. The Hall–Kier alpha value is -2.51. The third kappa shape index (κ3) is 4.31. The number of rotatable bonds is 5. The molecule has 0 fully saturated rings. The molecule has 1 aliphatic heterocycles. The quantitative estimate of drug-likeness (QED) is 0.763. The Bertz CT molecular complexity index is 773. The maximum absolute atomic E-state index is 13.7. The van der Waals surface area contributed by atoms with Crippen LogP contribution in [-0.2, 0) is 25.2 Å². The molecular weight excluding hydrogens is 375 g/mol. The Balaban J connectivity index is 2.74. The summed E-state index contributed by atoms with van der Waals surface area (Å²) in [6.45, 7) is 6.62. The predicted molar refractivity (Wildman–Crippen MR) is 96.2 cm³/mol. The topological polar surface area (TPSA) is 64.6 Å². The first-order valence-corrected chi connectivity index (χ1v) is 9.10. The number of nitrogens with one attached hydrogen (secondary N) is 1. The highest BCUT2D eigenvalue weighted by Gasteiger charge is 2.47. The molecule has 1 aromatic carbocycles. The summed E-state index contributed by atoms with van der Waals surface area (Å²) in [5.74, 6) is -3.59. The van der Waals surface area contributed by atoms with Crippen LogP contribution in [0, 0.1) is 5.92 Å². The summed E-state index contributed by atoms with van der Waals surface area (Å²) < 4.78 is 51.3. The van der Waals surface area contributed by atoms with Gasteiger partial charge in [0.2, 0.25) is 0 Å². The molecule has 154 valence electrons. The highest BCUT2D eigenvalue weighted by molar-refractivity contribution is 5.93. The summed E-state index contributed by atoms with van der Waals surface area (Å²) in [5.41, 5.74) is -0.648. The smallest absolute Gasteiger partial charge is 0.416 e. The fraction of sp³-hybridized carbons (Fsp3) is 0.500. The van der Waals surface area contributed by atoms with Gasteiger partial charge in [-0.1, -0.05) is 18.2 Å². The Labute approximate surface area is 161 Å². The van der Waals surface area contributed by atoms with Crippen LogP contribution in [0.1, 0.15) is 44.7 Å². The van der Waals surface area contributed by atoms with Crippen LogP contribution in [0.2, 0.25) is 0 Å². The molecule has 5 nitrogen and oxygen atoms in total. The molecular formula is C20H24F3NO4. The molecule has 3 unspecified atom stereocenters. The molecule has 0 saturated carbocycles. The summed E-state index contributed by atoms with van der Waals surface area (Å²) in [7, 11) is 0. The number of halogens is 3. The van der Waals surface area contributed by atoms with Crippen LogP contribution >= 0.6 is 0 Å². The second-order valence-corrected chi connectivity index (χ2v) is 6.53. The van der Waals surface area contributed by atoms with Crippen molar-refractivity contribution in [2.24, 2.45) is 5.92 Å². The van der Waals surface area contributed by atoms with Crippen molar-refractivity contribution >= 4 is 11.9 Å². The number of esters is 2. The van der Waals surface area contributed by atoms with E-state index in [0.29, 0.717) is 5.70 Å². The fourth-order valence-electron chi connectivity index (χ4n) is 3.65. The van der Waals surface area contributed by atoms with E-state index in [1.165, 1.54) is 18.2 Å². The molecule has 1 N–H and O–H groups in total. The van der Waals surface area contributed by atoms with Gasteiger partial charge in [0.25, 0.3) is 0 Å². The molecule has 2 rings (SSSR count). The molecule has 28 heavy (non-hydrogen) atoms. The van der Waals surface area contributed by atoms with Crippen LogP contribution in [-0.4, -0.2) is 31.2 Å². The lowest BCUT2D eigenvalue weighted by molar-refractivity contribution is -0.151. The number of hydrogen-bond donors (Lipinski definition) is 1. The molecule has 0 bridgehead atoms. The molecule has 0 amide bonds. The Morgan fingerprint density at radius 3 is 2.29 bits per heavy atom. The number of benzene rings is 1. The van der Waals surface area contributed by atoms with E-state index >= 15 is 0 Å². The SMILES string of the molecule is CCOC(=O)C1=C(C)NC(C)C(C(=O)OCC)C1c1ccccc1C(F)(F)F. The molecule has 8 heteroatoms. The normalized spacial score (nSPS) is 22.5. The summed E-state index contributed by atoms with van der Waals surface area (Å²) in [4.78, 5) is 25.3. The van der Waals surface area contributed by atoms with Crippen molar-refractivity contribution in [3.63, 3.8) is 0 Å². The molecule has 0 spiro atoms. The van der Waals surface area contributed by atoms with E-state index in [1.54, 1.807) is 27.7 Å². The van der Waals surface area contributed by atoms with Gasteiger partial charge in [-0.2, -0.15) is 13.2 Å². The minimum atomic E-state index is -4.64. The third-order valence-electron chi connectivity index (χ3n) is 4.71. The largest absolute Gasteiger partial charge is 0.466 e.